The Labute approximate surface area is 144 Å². The molecule has 3 rings (SSSR count). The molecule has 2 saturated heterocycles. The highest BCUT2D eigenvalue weighted by molar-refractivity contribution is 6.00. The maximum atomic E-state index is 12.2. The Morgan fingerprint density at radius 1 is 1.44 bits per heavy atom. The van der Waals surface area contributed by atoms with Crippen molar-refractivity contribution in [1.82, 2.24) is 9.80 Å². The molecule has 0 aromatic carbocycles. The van der Waals surface area contributed by atoms with Crippen LogP contribution in [0.2, 0.25) is 0 Å². The fraction of sp³-hybridized carbons (Fsp3) is 0.625. The number of aliphatic hydroxyl groups is 1. The van der Waals surface area contributed by atoms with Crippen LogP contribution in [0.1, 0.15) is 26.2 Å². The van der Waals surface area contributed by atoms with Gasteiger partial charge >= 0.3 is 5.97 Å². The number of aliphatic carboxylic acids is 1. The lowest BCUT2D eigenvalue weighted by Crippen LogP contribution is -2.61. The van der Waals surface area contributed by atoms with Crippen molar-refractivity contribution >= 4 is 23.6 Å². The smallest absolute Gasteiger partial charge is 0.352 e. The molecular weight excluding hydrogens is 328 g/mol. The van der Waals surface area contributed by atoms with Gasteiger partial charge in [-0.1, -0.05) is 0 Å². The van der Waals surface area contributed by atoms with E-state index in [0.29, 0.717) is 31.5 Å². The number of carbonyl (C=O) groups is 3. The van der Waals surface area contributed by atoms with E-state index in [1.165, 1.54) is 4.90 Å². The quantitative estimate of drug-likeness (QED) is 0.287. The Morgan fingerprint density at radius 2 is 2.12 bits per heavy atom. The van der Waals surface area contributed by atoms with Crippen LogP contribution in [0, 0.1) is 17.2 Å². The molecule has 25 heavy (non-hydrogen) atoms. The Bertz CT molecular complexity index is 686. The van der Waals surface area contributed by atoms with E-state index in [-0.39, 0.29) is 35.8 Å². The summed E-state index contributed by atoms with van der Waals surface area (Å²) in [7, 11) is 0. The molecule has 9 nitrogen and oxygen atoms in total. The van der Waals surface area contributed by atoms with E-state index in [1.807, 2.05) is 0 Å². The number of nitrogens with two attached hydrogens (primary N) is 1. The van der Waals surface area contributed by atoms with E-state index in [0.717, 1.165) is 0 Å². The Morgan fingerprint density at radius 3 is 2.68 bits per heavy atom. The lowest BCUT2D eigenvalue weighted by atomic mass is 9.82. The summed E-state index contributed by atoms with van der Waals surface area (Å²) in [5, 5.41) is 27.3. The molecule has 0 spiro atoms. The fourth-order valence-electron chi connectivity index (χ4n) is 4.23. The fourth-order valence-corrected chi connectivity index (χ4v) is 4.23. The summed E-state index contributed by atoms with van der Waals surface area (Å²) in [5.74, 6) is -2.57. The zero-order chi connectivity index (χ0) is 18.5. The Balaban J connectivity index is 1.78. The summed E-state index contributed by atoms with van der Waals surface area (Å²) in [6.45, 7) is 2.53. The average Bonchev–Trinajstić information content (AvgIpc) is 3.08. The molecule has 0 saturated carbocycles. The number of nitrogens with one attached hydrogen (secondary N) is 1. The van der Waals surface area contributed by atoms with Crippen LogP contribution in [0.3, 0.4) is 0 Å². The van der Waals surface area contributed by atoms with Gasteiger partial charge in [0, 0.05) is 19.0 Å². The second-order valence-electron chi connectivity index (χ2n) is 6.95. The first-order valence-corrected chi connectivity index (χ1v) is 8.30. The maximum Gasteiger partial charge on any atom is 0.352 e. The molecule has 0 radical (unpaired) electrons. The highest BCUT2D eigenvalue weighted by atomic mass is 16.4. The highest BCUT2D eigenvalue weighted by Gasteiger charge is 2.57. The van der Waals surface area contributed by atoms with Gasteiger partial charge < -0.3 is 25.7 Å². The Kier molecular flexibility index (Phi) is 4.28. The maximum absolute atomic E-state index is 12.2. The molecule has 5 N–H and O–H groups in total. The minimum Gasteiger partial charge on any atom is -0.477 e. The number of carboxylic acid groups (broad SMARTS) is 1. The third-order valence-electron chi connectivity index (χ3n) is 5.37. The highest BCUT2D eigenvalue weighted by Crippen LogP contribution is 2.47. The molecule has 0 unspecified atom stereocenters. The summed E-state index contributed by atoms with van der Waals surface area (Å²) >= 11 is 0. The second-order valence-corrected chi connectivity index (χ2v) is 6.95. The van der Waals surface area contributed by atoms with Crippen LogP contribution in [0.5, 0.6) is 0 Å². The average molecular weight is 350 g/mol. The van der Waals surface area contributed by atoms with E-state index >= 15 is 0 Å². The van der Waals surface area contributed by atoms with Gasteiger partial charge in [0.05, 0.1) is 24.5 Å². The summed E-state index contributed by atoms with van der Waals surface area (Å²) in [5.41, 5.74) is 5.85. The largest absolute Gasteiger partial charge is 0.477 e. The van der Waals surface area contributed by atoms with Crippen LogP contribution in [0.4, 0.5) is 0 Å². The van der Waals surface area contributed by atoms with Gasteiger partial charge in [-0.15, -0.1) is 0 Å². The topological polar surface area (TPSA) is 148 Å². The van der Waals surface area contributed by atoms with Crippen LogP contribution < -0.4 is 5.73 Å². The van der Waals surface area contributed by atoms with Gasteiger partial charge in [0.2, 0.25) is 11.8 Å². The van der Waals surface area contributed by atoms with Gasteiger partial charge in [0.25, 0.3) is 0 Å². The number of primary amides is 1. The summed E-state index contributed by atoms with van der Waals surface area (Å²) in [6.07, 6.45) is 0.132. The number of β-lactam (4-membered cyclic amide) rings is 1. The SMILES string of the molecule is C[C@@H](O)[C@@H]1C(=O)N2C(C(=O)O)=C([C@@H]3CCN(C(=N)CC(N)=O)C3)C[C@H]12. The zero-order valence-electron chi connectivity index (χ0n) is 13.9. The molecule has 4 atom stereocenters. The number of hydrogen-bond donors (Lipinski definition) is 4. The minimum absolute atomic E-state index is 0.0279. The monoisotopic (exact) mass is 350 g/mol. The van der Waals surface area contributed by atoms with E-state index in [1.54, 1.807) is 11.8 Å². The van der Waals surface area contributed by atoms with Crippen molar-refractivity contribution in [1.29, 1.82) is 5.41 Å². The van der Waals surface area contributed by atoms with Crippen molar-refractivity contribution in [3.8, 4) is 0 Å². The van der Waals surface area contributed by atoms with E-state index < -0.39 is 23.9 Å². The molecule has 0 aromatic heterocycles. The number of nitrogens with zero attached hydrogens (tertiary/aromatic N) is 2. The molecule has 3 aliphatic heterocycles. The summed E-state index contributed by atoms with van der Waals surface area (Å²) < 4.78 is 0. The number of carboxylic acids is 1. The molecule has 136 valence electrons. The number of fused-ring (bicyclic) bond motifs is 1. The number of carbonyl (C=O) groups excluding carboxylic acids is 2. The first-order valence-electron chi connectivity index (χ1n) is 8.30. The van der Waals surface area contributed by atoms with Crippen LogP contribution in [-0.4, -0.2) is 68.9 Å². The van der Waals surface area contributed by atoms with Gasteiger partial charge in [0.15, 0.2) is 0 Å². The van der Waals surface area contributed by atoms with Crippen molar-refractivity contribution in [2.24, 2.45) is 17.6 Å². The number of hydrogen-bond acceptors (Lipinski definition) is 5. The van der Waals surface area contributed by atoms with Crippen molar-refractivity contribution in [2.45, 2.75) is 38.3 Å². The van der Waals surface area contributed by atoms with E-state index in [4.69, 9.17) is 11.1 Å². The molecule has 3 aliphatic rings. The van der Waals surface area contributed by atoms with Gasteiger partial charge in [-0.25, -0.2) is 4.79 Å². The lowest BCUT2D eigenvalue weighted by molar-refractivity contribution is -0.161. The van der Waals surface area contributed by atoms with Crippen LogP contribution in [-0.2, 0) is 14.4 Å². The summed E-state index contributed by atoms with van der Waals surface area (Å²) in [6, 6.07) is -0.298. The number of amides is 2. The van der Waals surface area contributed by atoms with Crippen molar-refractivity contribution < 1.29 is 24.6 Å². The molecule has 3 heterocycles. The van der Waals surface area contributed by atoms with Gasteiger partial charge in [-0.3, -0.25) is 15.0 Å². The molecule has 2 fully saturated rings. The normalized spacial score (nSPS) is 29.5. The molecule has 9 heteroatoms. The number of amidine groups is 1. The molecule has 0 aromatic rings. The Hall–Kier alpha value is -2.42. The number of likely N-dealkylation sites (tertiary alicyclic amines) is 1. The second kappa shape index (κ2) is 6.14. The predicted molar refractivity (Wildman–Crippen MR) is 86.3 cm³/mol. The molecular formula is C16H22N4O5. The van der Waals surface area contributed by atoms with Gasteiger partial charge in [-0.2, -0.15) is 0 Å². The van der Waals surface area contributed by atoms with Gasteiger partial charge in [-0.05, 0) is 25.3 Å². The zero-order valence-corrected chi connectivity index (χ0v) is 13.9. The van der Waals surface area contributed by atoms with E-state index in [2.05, 4.69) is 0 Å². The van der Waals surface area contributed by atoms with Crippen LogP contribution in [0.15, 0.2) is 11.3 Å². The summed E-state index contributed by atoms with van der Waals surface area (Å²) in [4.78, 5) is 37.9. The third kappa shape index (κ3) is 2.78. The van der Waals surface area contributed by atoms with Gasteiger partial charge in [0.1, 0.15) is 11.5 Å². The van der Waals surface area contributed by atoms with Crippen LogP contribution >= 0.6 is 0 Å². The molecule has 0 aliphatic carbocycles. The standard InChI is InChI=1S/C16H22N4O5/c1-7(21)13-10-4-9(14(16(24)25)20(10)15(13)23)8-2-3-19(6-8)11(17)5-12(18)22/h7-8,10,13,17,21H,2-6H2,1H3,(H2,18,22)(H,24,25)/t7-,8-,10-,13+/m1/s1. The third-order valence-corrected chi connectivity index (χ3v) is 5.37. The van der Waals surface area contributed by atoms with Crippen LogP contribution in [0.25, 0.3) is 0 Å². The first kappa shape index (κ1) is 17.4. The first-order chi connectivity index (χ1) is 11.7. The van der Waals surface area contributed by atoms with Crippen molar-refractivity contribution in [3.05, 3.63) is 11.3 Å². The molecule has 2 amide bonds. The van der Waals surface area contributed by atoms with Crippen molar-refractivity contribution in [3.63, 3.8) is 0 Å². The van der Waals surface area contributed by atoms with Crippen molar-refractivity contribution in [2.75, 3.05) is 13.1 Å². The minimum atomic E-state index is -1.14. The number of aliphatic hydroxyl groups excluding tert-OH is 1. The van der Waals surface area contributed by atoms with E-state index in [9.17, 15) is 24.6 Å². The molecule has 0 bridgehead atoms. The predicted octanol–water partition coefficient (Wildman–Crippen LogP) is -0.889. The lowest BCUT2D eigenvalue weighted by Gasteiger charge is -2.44. The number of rotatable bonds is 5.